The zero-order valence-corrected chi connectivity index (χ0v) is 14.5. The molecule has 1 aromatic heterocycles. The third-order valence-corrected chi connectivity index (χ3v) is 4.82. The largest absolute Gasteiger partial charge is 0.481 e. The third-order valence-electron chi connectivity index (χ3n) is 3.83. The number of aromatic nitrogens is 1. The van der Waals surface area contributed by atoms with Crippen LogP contribution in [0, 0.1) is 6.92 Å². The number of rotatable bonds is 4. The minimum Gasteiger partial charge on any atom is -0.481 e. The first-order valence-corrected chi connectivity index (χ1v) is 8.40. The van der Waals surface area contributed by atoms with Crippen molar-refractivity contribution in [2.75, 3.05) is 5.32 Å². The molecule has 0 bridgehead atoms. The van der Waals surface area contributed by atoms with E-state index in [1.807, 2.05) is 37.3 Å². The lowest BCUT2D eigenvalue weighted by molar-refractivity contribution is -0.122. The monoisotopic (exact) mass is 342 g/mol. The van der Waals surface area contributed by atoms with E-state index in [1.165, 1.54) is 0 Å². The van der Waals surface area contributed by atoms with Gasteiger partial charge in [-0.2, -0.15) is 0 Å². The number of thiazole rings is 1. The van der Waals surface area contributed by atoms with E-state index in [4.69, 9.17) is 4.74 Å². The maximum Gasteiger partial charge on any atom is 0.307 e. The number of nitrogens with zero attached hydrogens (tertiary/aromatic N) is 1. The summed E-state index contributed by atoms with van der Waals surface area (Å²) in [6.07, 6.45) is -0.628. The molecule has 0 radical (unpaired) electrons. The summed E-state index contributed by atoms with van der Waals surface area (Å²) in [7, 11) is 1.73. The number of anilines is 1. The molecular weight excluding hydrogens is 324 g/mol. The Kier molecular flexibility index (Phi) is 4.40. The van der Waals surface area contributed by atoms with Crippen LogP contribution in [0.5, 0.6) is 5.75 Å². The summed E-state index contributed by atoms with van der Waals surface area (Å²) in [5.41, 5.74) is 2.48. The van der Waals surface area contributed by atoms with E-state index in [0.717, 1.165) is 27.1 Å². The highest BCUT2D eigenvalue weighted by Crippen LogP contribution is 2.22. The summed E-state index contributed by atoms with van der Waals surface area (Å²) >= 11 is 1.16. The molecule has 5 nitrogen and oxygen atoms in total. The molecule has 0 unspecified atom stereocenters. The highest BCUT2D eigenvalue weighted by atomic mass is 32.1. The maximum atomic E-state index is 12.3. The van der Waals surface area contributed by atoms with E-state index < -0.39 is 6.10 Å². The molecule has 1 heterocycles. The Hall–Kier alpha value is -2.60. The quantitative estimate of drug-likeness (QED) is 0.791. The van der Waals surface area contributed by atoms with Gasteiger partial charge in [-0.25, -0.2) is 0 Å². The molecule has 1 atom stereocenters. The van der Waals surface area contributed by atoms with Gasteiger partial charge in [0.05, 0.1) is 10.2 Å². The number of nitrogens with one attached hydrogen (secondary N) is 1. The summed E-state index contributed by atoms with van der Waals surface area (Å²) in [4.78, 5) is 24.0. The number of carbonyl (C=O) groups is 1. The first kappa shape index (κ1) is 16.3. The summed E-state index contributed by atoms with van der Waals surface area (Å²) in [6.45, 7) is 3.65. The van der Waals surface area contributed by atoms with Gasteiger partial charge in [0.15, 0.2) is 6.10 Å². The van der Waals surface area contributed by atoms with Gasteiger partial charge in [0.1, 0.15) is 5.75 Å². The normalized spacial score (nSPS) is 12.1. The van der Waals surface area contributed by atoms with Crippen LogP contribution in [0.3, 0.4) is 0 Å². The van der Waals surface area contributed by atoms with E-state index in [-0.39, 0.29) is 10.8 Å². The van der Waals surface area contributed by atoms with E-state index in [0.29, 0.717) is 11.4 Å². The van der Waals surface area contributed by atoms with Crippen LogP contribution in [0.4, 0.5) is 5.69 Å². The lowest BCUT2D eigenvalue weighted by atomic mass is 10.2. The van der Waals surface area contributed by atoms with Gasteiger partial charge in [-0.15, -0.1) is 0 Å². The molecule has 0 fully saturated rings. The van der Waals surface area contributed by atoms with Crippen LogP contribution >= 0.6 is 11.3 Å². The minimum absolute atomic E-state index is 0.0234. The van der Waals surface area contributed by atoms with Crippen molar-refractivity contribution >= 4 is 33.1 Å². The van der Waals surface area contributed by atoms with Crippen LogP contribution in [0.15, 0.2) is 47.3 Å². The number of amides is 1. The first-order chi connectivity index (χ1) is 11.5. The fraction of sp³-hybridized carbons (Fsp3) is 0.222. The van der Waals surface area contributed by atoms with Crippen molar-refractivity contribution in [1.29, 1.82) is 0 Å². The number of aryl methyl sites for hydroxylation is 2. The van der Waals surface area contributed by atoms with Gasteiger partial charge >= 0.3 is 4.87 Å². The smallest absolute Gasteiger partial charge is 0.307 e. The first-order valence-electron chi connectivity index (χ1n) is 7.58. The van der Waals surface area contributed by atoms with Crippen LogP contribution in [0.2, 0.25) is 0 Å². The molecule has 6 heteroatoms. The van der Waals surface area contributed by atoms with Crippen molar-refractivity contribution in [3.8, 4) is 5.75 Å². The van der Waals surface area contributed by atoms with Crippen LogP contribution in [0.1, 0.15) is 12.5 Å². The molecule has 3 rings (SSSR count). The Morgan fingerprint density at radius 2 is 2.00 bits per heavy atom. The summed E-state index contributed by atoms with van der Waals surface area (Å²) < 4.78 is 8.16. The molecule has 0 aliphatic carbocycles. The number of para-hydroxylation sites is 1. The van der Waals surface area contributed by atoms with Crippen molar-refractivity contribution in [2.45, 2.75) is 20.0 Å². The molecule has 2 aromatic carbocycles. The van der Waals surface area contributed by atoms with E-state index in [2.05, 4.69) is 5.32 Å². The van der Waals surface area contributed by atoms with Crippen molar-refractivity contribution < 1.29 is 9.53 Å². The fourth-order valence-corrected chi connectivity index (χ4v) is 3.31. The second kappa shape index (κ2) is 6.49. The lowest BCUT2D eigenvalue weighted by Gasteiger charge is -2.16. The standard InChI is InChI=1S/C18H18N2O3S/c1-11-6-4-5-7-15(11)23-12(2)17(21)19-13-8-9-14-16(10-13)24-18(22)20(14)3/h4-10,12H,1-3H3,(H,19,21)/t12-/m1/s1. The molecule has 0 aliphatic heterocycles. The van der Waals surface area contributed by atoms with Gasteiger partial charge in [0.25, 0.3) is 5.91 Å². The molecule has 0 saturated carbocycles. The van der Waals surface area contributed by atoms with Crippen molar-refractivity contribution in [3.05, 3.63) is 57.7 Å². The van der Waals surface area contributed by atoms with Gasteiger partial charge in [-0.1, -0.05) is 29.5 Å². The number of ether oxygens (including phenoxy) is 1. The molecule has 1 N–H and O–H groups in total. The van der Waals surface area contributed by atoms with E-state index in [9.17, 15) is 9.59 Å². The Balaban J connectivity index is 1.74. The molecule has 0 spiro atoms. The Bertz CT molecular complexity index is 958. The number of fused-ring (bicyclic) bond motifs is 1. The highest BCUT2D eigenvalue weighted by molar-refractivity contribution is 7.16. The number of carbonyl (C=O) groups excluding carboxylic acids is 1. The zero-order chi connectivity index (χ0) is 17.3. The van der Waals surface area contributed by atoms with Gasteiger partial charge in [0, 0.05) is 12.7 Å². The number of hydrogen-bond donors (Lipinski definition) is 1. The topological polar surface area (TPSA) is 60.3 Å². The van der Waals surface area contributed by atoms with Gasteiger partial charge < -0.3 is 14.6 Å². The molecule has 24 heavy (non-hydrogen) atoms. The zero-order valence-electron chi connectivity index (χ0n) is 13.7. The predicted octanol–water partition coefficient (Wildman–Crippen LogP) is 3.31. The highest BCUT2D eigenvalue weighted by Gasteiger charge is 2.16. The fourth-order valence-electron chi connectivity index (χ4n) is 2.39. The van der Waals surface area contributed by atoms with Gasteiger partial charge in [0.2, 0.25) is 0 Å². The van der Waals surface area contributed by atoms with Gasteiger partial charge in [-0.05, 0) is 43.7 Å². The number of benzene rings is 2. The Morgan fingerprint density at radius 1 is 1.25 bits per heavy atom. The van der Waals surface area contributed by atoms with E-state index in [1.54, 1.807) is 30.7 Å². The number of hydrogen-bond acceptors (Lipinski definition) is 4. The molecular formula is C18H18N2O3S. The molecule has 0 saturated heterocycles. The molecule has 0 aliphatic rings. The molecule has 3 aromatic rings. The lowest BCUT2D eigenvalue weighted by Crippen LogP contribution is -2.30. The summed E-state index contributed by atoms with van der Waals surface area (Å²) in [5.74, 6) is 0.456. The Morgan fingerprint density at radius 3 is 2.75 bits per heavy atom. The van der Waals surface area contributed by atoms with Gasteiger partial charge in [-0.3, -0.25) is 9.59 Å². The summed E-state index contributed by atoms with van der Waals surface area (Å²) in [6, 6.07) is 13.0. The molecule has 124 valence electrons. The predicted molar refractivity (Wildman–Crippen MR) is 97.0 cm³/mol. The summed E-state index contributed by atoms with van der Waals surface area (Å²) in [5, 5.41) is 2.83. The maximum absolute atomic E-state index is 12.3. The minimum atomic E-state index is -0.628. The Labute approximate surface area is 143 Å². The SMILES string of the molecule is Cc1ccccc1O[C@H](C)C(=O)Nc1ccc2c(c1)sc(=O)n2C. The average Bonchev–Trinajstić information content (AvgIpc) is 2.83. The van der Waals surface area contributed by atoms with Crippen LogP contribution in [-0.2, 0) is 11.8 Å². The average molecular weight is 342 g/mol. The van der Waals surface area contributed by atoms with Crippen LogP contribution in [-0.4, -0.2) is 16.6 Å². The second-order valence-electron chi connectivity index (χ2n) is 5.62. The van der Waals surface area contributed by atoms with Crippen LogP contribution < -0.4 is 14.9 Å². The van der Waals surface area contributed by atoms with Crippen molar-refractivity contribution in [2.24, 2.45) is 7.05 Å². The molecule has 1 amide bonds. The van der Waals surface area contributed by atoms with Crippen LogP contribution in [0.25, 0.3) is 10.2 Å². The van der Waals surface area contributed by atoms with Crippen molar-refractivity contribution in [1.82, 2.24) is 4.57 Å². The van der Waals surface area contributed by atoms with Crippen molar-refractivity contribution in [3.63, 3.8) is 0 Å². The third kappa shape index (κ3) is 3.19. The van der Waals surface area contributed by atoms with E-state index >= 15 is 0 Å². The second-order valence-corrected chi connectivity index (χ2v) is 6.62.